The van der Waals surface area contributed by atoms with Crippen LogP contribution in [0.1, 0.15) is 67.9 Å². The molecule has 8 nitrogen and oxygen atoms in total. The molecule has 0 unspecified atom stereocenters. The van der Waals surface area contributed by atoms with Gasteiger partial charge in [-0.15, -0.1) is 0 Å². The van der Waals surface area contributed by atoms with Crippen LogP contribution in [0.4, 0.5) is 5.95 Å². The van der Waals surface area contributed by atoms with Crippen LogP contribution in [0.2, 0.25) is 0 Å². The summed E-state index contributed by atoms with van der Waals surface area (Å²) in [5.41, 5.74) is 1.58. The quantitative estimate of drug-likeness (QED) is 0.645. The molecule has 2 saturated carbocycles. The van der Waals surface area contributed by atoms with Crippen LogP contribution in [0.5, 0.6) is 0 Å². The van der Waals surface area contributed by atoms with Crippen molar-refractivity contribution in [2.24, 2.45) is 0 Å². The average molecular weight is 415 g/mol. The molecule has 2 aromatic heterocycles. The first-order valence-corrected chi connectivity index (χ1v) is 11.3. The second-order valence-corrected chi connectivity index (χ2v) is 8.88. The fourth-order valence-corrected chi connectivity index (χ4v) is 4.90. The van der Waals surface area contributed by atoms with Gasteiger partial charge in [0.2, 0.25) is 5.95 Å². The summed E-state index contributed by atoms with van der Waals surface area (Å²) < 4.78 is 2.16. The fraction of sp³-hybridized carbons (Fsp3) is 0.682. The SMILES string of the molecule is CN(C)C(=O)c1cc2cnc(NC3CCC(NCCO)CC3)nc2n1C1CCCC1. The molecule has 4 rings (SSSR count). The van der Waals surface area contributed by atoms with E-state index in [1.165, 1.54) is 12.8 Å². The summed E-state index contributed by atoms with van der Waals surface area (Å²) in [6.07, 6.45) is 10.7. The monoisotopic (exact) mass is 414 g/mol. The zero-order valence-corrected chi connectivity index (χ0v) is 18.1. The highest BCUT2D eigenvalue weighted by Gasteiger charge is 2.27. The van der Waals surface area contributed by atoms with E-state index >= 15 is 0 Å². The molecule has 0 spiro atoms. The third-order valence-corrected chi connectivity index (χ3v) is 6.50. The van der Waals surface area contributed by atoms with Crippen molar-refractivity contribution in [3.8, 4) is 0 Å². The minimum atomic E-state index is 0.0168. The summed E-state index contributed by atoms with van der Waals surface area (Å²) in [7, 11) is 3.59. The van der Waals surface area contributed by atoms with E-state index in [0.717, 1.165) is 49.6 Å². The lowest BCUT2D eigenvalue weighted by molar-refractivity contribution is 0.0815. The molecule has 3 N–H and O–H groups in total. The van der Waals surface area contributed by atoms with E-state index in [4.69, 9.17) is 10.1 Å². The highest BCUT2D eigenvalue weighted by atomic mass is 16.3. The van der Waals surface area contributed by atoms with Crippen LogP contribution in [0, 0.1) is 0 Å². The average Bonchev–Trinajstić information content (AvgIpc) is 3.39. The number of nitrogens with one attached hydrogen (secondary N) is 2. The largest absolute Gasteiger partial charge is 0.395 e. The number of hydrogen-bond acceptors (Lipinski definition) is 6. The van der Waals surface area contributed by atoms with Crippen molar-refractivity contribution in [3.05, 3.63) is 18.0 Å². The predicted octanol–water partition coefficient (Wildman–Crippen LogP) is 2.55. The van der Waals surface area contributed by atoms with E-state index in [2.05, 4.69) is 20.2 Å². The van der Waals surface area contributed by atoms with Gasteiger partial charge in [-0.2, -0.15) is 4.98 Å². The molecular formula is C22H34N6O2. The Morgan fingerprint density at radius 1 is 1.17 bits per heavy atom. The molecule has 164 valence electrons. The van der Waals surface area contributed by atoms with E-state index in [0.29, 0.717) is 36.3 Å². The second-order valence-electron chi connectivity index (χ2n) is 8.88. The van der Waals surface area contributed by atoms with E-state index in [9.17, 15) is 4.79 Å². The molecule has 0 aliphatic heterocycles. The third-order valence-electron chi connectivity index (χ3n) is 6.50. The van der Waals surface area contributed by atoms with Gasteiger partial charge in [-0.05, 0) is 44.6 Å². The maximum absolute atomic E-state index is 12.8. The molecule has 0 radical (unpaired) electrons. The van der Waals surface area contributed by atoms with Gasteiger partial charge in [0.15, 0.2) is 0 Å². The first kappa shape index (κ1) is 21.1. The summed E-state index contributed by atoms with van der Waals surface area (Å²) in [4.78, 5) is 23.9. The highest BCUT2D eigenvalue weighted by Crippen LogP contribution is 2.35. The highest BCUT2D eigenvalue weighted by molar-refractivity contribution is 5.97. The van der Waals surface area contributed by atoms with Gasteiger partial charge >= 0.3 is 0 Å². The van der Waals surface area contributed by atoms with Crippen LogP contribution in [-0.4, -0.2) is 69.8 Å². The molecule has 30 heavy (non-hydrogen) atoms. The zero-order valence-electron chi connectivity index (χ0n) is 18.1. The molecule has 2 aliphatic carbocycles. The fourth-order valence-electron chi connectivity index (χ4n) is 4.90. The molecule has 2 fully saturated rings. The Labute approximate surface area is 178 Å². The van der Waals surface area contributed by atoms with Crippen molar-refractivity contribution in [1.82, 2.24) is 24.8 Å². The number of aliphatic hydroxyl groups is 1. The second kappa shape index (κ2) is 9.31. The van der Waals surface area contributed by atoms with Crippen LogP contribution in [-0.2, 0) is 0 Å². The lowest BCUT2D eigenvalue weighted by Crippen LogP contribution is -2.38. The first-order valence-electron chi connectivity index (χ1n) is 11.3. The molecular weight excluding hydrogens is 380 g/mol. The Morgan fingerprint density at radius 2 is 1.87 bits per heavy atom. The molecule has 0 aromatic carbocycles. The number of carbonyl (C=O) groups is 1. The topological polar surface area (TPSA) is 95.3 Å². The zero-order chi connectivity index (χ0) is 21.1. The number of carbonyl (C=O) groups excluding carboxylic acids is 1. The lowest BCUT2D eigenvalue weighted by atomic mass is 9.91. The standard InChI is InChI=1S/C22H34N6O2/c1-27(2)21(30)19-13-15-14-24-22(26-20(15)28(19)18-5-3-4-6-18)25-17-9-7-16(8-10-17)23-11-12-29/h13-14,16-18,23,29H,3-12H2,1-2H3,(H,24,25,26). The van der Waals surface area contributed by atoms with Crippen LogP contribution in [0.25, 0.3) is 11.0 Å². The van der Waals surface area contributed by atoms with E-state index < -0.39 is 0 Å². The lowest BCUT2D eigenvalue weighted by Gasteiger charge is -2.29. The molecule has 1 amide bonds. The molecule has 2 aliphatic rings. The van der Waals surface area contributed by atoms with Gasteiger partial charge in [0, 0.05) is 50.3 Å². The number of anilines is 1. The van der Waals surface area contributed by atoms with Crippen molar-refractivity contribution in [2.75, 3.05) is 32.6 Å². The van der Waals surface area contributed by atoms with Crippen molar-refractivity contribution in [3.63, 3.8) is 0 Å². The summed E-state index contributed by atoms with van der Waals surface area (Å²) in [5, 5.41) is 16.8. The summed E-state index contributed by atoms with van der Waals surface area (Å²) in [6, 6.07) is 3.11. The minimum absolute atomic E-state index is 0.0168. The normalized spacial score (nSPS) is 22.5. The Kier molecular flexibility index (Phi) is 6.53. The van der Waals surface area contributed by atoms with Crippen molar-refractivity contribution >= 4 is 22.9 Å². The van der Waals surface area contributed by atoms with Gasteiger partial charge in [-0.25, -0.2) is 4.98 Å². The Balaban J connectivity index is 1.54. The maximum atomic E-state index is 12.8. The molecule has 2 aromatic rings. The van der Waals surface area contributed by atoms with Gasteiger partial charge in [0.05, 0.1) is 6.61 Å². The predicted molar refractivity (Wildman–Crippen MR) is 118 cm³/mol. The van der Waals surface area contributed by atoms with E-state index in [1.807, 2.05) is 12.3 Å². The first-order chi connectivity index (χ1) is 14.6. The smallest absolute Gasteiger partial charge is 0.270 e. The summed E-state index contributed by atoms with van der Waals surface area (Å²) in [5.74, 6) is 0.665. The number of rotatable bonds is 7. The van der Waals surface area contributed by atoms with Crippen molar-refractivity contribution in [2.45, 2.75) is 69.5 Å². The van der Waals surface area contributed by atoms with Crippen LogP contribution >= 0.6 is 0 Å². The van der Waals surface area contributed by atoms with E-state index in [1.54, 1.807) is 19.0 Å². The summed E-state index contributed by atoms with van der Waals surface area (Å²) in [6.45, 7) is 0.847. The number of fused-ring (bicyclic) bond motifs is 1. The molecule has 0 bridgehead atoms. The van der Waals surface area contributed by atoms with Gasteiger partial charge in [0.25, 0.3) is 5.91 Å². The van der Waals surface area contributed by atoms with Crippen molar-refractivity contribution < 1.29 is 9.90 Å². The molecule has 0 saturated heterocycles. The number of nitrogens with zero attached hydrogens (tertiary/aromatic N) is 4. The van der Waals surface area contributed by atoms with Gasteiger partial charge in [0.1, 0.15) is 11.3 Å². The van der Waals surface area contributed by atoms with E-state index in [-0.39, 0.29) is 12.5 Å². The minimum Gasteiger partial charge on any atom is -0.395 e. The number of hydrogen-bond donors (Lipinski definition) is 3. The van der Waals surface area contributed by atoms with Crippen LogP contribution in [0.3, 0.4) is 0 Å². The number of aliphatic hydroxyl groups excluding tert-OH is 1. The van der Waals surface area contributed by atoms with Crippen LogP contribution in [0.15, 0.2) is 12.3 Å². The number of aromatic nitrogens is 3. The Hall–Kier alpha value is -2.19. The van der Waals surface area contributed by atoms with Crippen molar-refractivity contribution in [1.29, 1.82) is 0 Å². The molecule has 2 heterocycles. The maximum Gasteiger partial charge on any atom is 0.270 e. The molecule has 0 atom stereocenters. The van der Waals surface area contributed by atoms with Gasteiger partial charge in [-0.3, -0.25) is 4.79 Å². The van der Waals surface area contributed by atoms with Gasteiger partial charge < -0.3 is 25.2 Å². The number of amides is 1. The summed E-state index contributed by atoms with van der Waals surface area (Å²) >= 11 is 0. The Morgan fingerprint density at radius 3 is 2.53 bits per heavy atom. The Bertz CT molecular complexity index is 866. The third kappa shape index (κ3) is 4.44. The molecule has 8 heteroatoms. The van der Waals surface area contributed by atoms with Gasteiger partial charge in [-0.1, -0.05) is 12.8 Å². The van der Waals surface area contributed by atoms with Crippen LogP contribution < -0.4 is 10.6 Å².